The van der Waals surface area contributed by atoms with Gasteiger partial charge < -0.3 is 14.0 Å². The number of pyridine rings is 1. The Bertz CT molecular complexity index is 1320. The number of fused-ring (bicyclic) bond motifs is 4. The molecule has 0 radical (unpaired) electrons. The van der Waals surface area contributed by atoms with Gasteiger partial charge in [0.2, 0.25) is 23.1 Å². The molecule has 4 aromatic rings. The molecular weight excluding hydrogens is 348 g/mol. The molecule has 2 aromatic heterocycles. The number of hydrogen-bond acceptors (Lipinski definition) is 2. The van der Waals surface area contributed by atoms with Crippen LogP contribution in [-0.2, 0) is 13.5 Å². The SMILES string of the molecule is [C-]#[N+]C(C)(C)Cc1coc2c[n+](C)c3c(c12)Oc1cccc2ccc(C)c-3c12. The molecule has 138 valence electrons. The summed E-state index contributed by atoms with van der Waals surface area (Å²) in [7, 11) is 2.03. The van der Waals surface area contributed by atoms with E-state index in [1.165, 1.54) is 16.5 Å². The molecule has 0 aliphatic carbocycles. The summed E-state index contributed by atoms with van der Waals surface area (Å²) >= 11 is 0. The highest BCUT2D eigenvalue weighted by Crippen LogP contribution is 2.49. The monoisotopic (exact) mass is 369 g/mol. The minimum Gasteiger partial charge on any atom is -0.458 e. The first-order valence-electron chi connectivity index (χ1n) is 9.41. The second kappa shape index (κ2) is 5.59. The van der Waals surface area contributed by atoms with E-state index >= 15 is 0 Å². The van der Waals surface area contributed by atoms with Crippen LogP contribution in [0, 0.1) is 13.5 Å². The second-order valence-corrected chi connectivity index (χ2v) is 8.23. The Labute approximate surface area is 163 Å². The lowest BCUT2D eigenvalue weighted by Crippen LogP contribution is -2.32. The normalized spacial score (nSPS) is 12.7. The highest BCUT2D eigenvalue weighted by Gasteiger charge is 2.35. The largest absolute Gasteiger partial charge is 0.458 e. The Morgan fingerprint density at radius 3 is 2.75 bits per heavy atom. The van der Waals surface area contributed by atoms with Gasteiger partial charge in [-0.3, -0.25) is 0 Å². The van der Waals surface area contributed by atoms with Crippen LogP contribution in [0.3, 0.4) is 0 Å². The van der Waals surface area contributed by atoms with Crippen molar-refractivity contribution >= 4 is 21.7 Å². The van der Waals surface area contributed by atoms with E-state index in [1.54, 1.807) is 6.26 Å². The van der Waals surface area contributed by atoms with Crippen LogP contribution in [0.4, 0.5) is 0 Å². The molecule has 0 fully saturated rings. The molecule has 0 saturated carbocycles. The third-order valence-corrected chi connectivity index (χ3v) is 5.59. The zero-order chi connectivity index (χ0) is 19.6. The van der Waals surface area contributed by atoms with Crippen LogP contribution in [0.2, 0.25) is 0 Å². The Hall–Kier alpha value is -3.32. The van der Waals surface area contributed by atoms with Crippen molar-refractivity contribution in [1.82, 2.24) is 0 Å². The van der Waals surface area contributed by atoms with Crippen LogP contribution in [-0.4, -0.2) is 5.54 Å². The van der Waals surface area contributed by atoms with E-state index in [-0.39, 0.29) is 0 Å². The van der Waals surface area contributed by atoms with Crippen LogP contribution in [0.5, 0.6) is 11.5 Å². The van der Waals surface area contributed by atoms with Crippen molar-refractivity contribution in [2.24, 2.45) is 7.05 Å². The fourth-order valence-electron chi connectivity index (χ4n) is 4.26. The van der Waals surface area contributed by atoms with Gasteiger partial charge in [-0.1, -0.05) is 24.3 Å². The third-order valence-electron chi connectivity index (χ3n) is 5.59. The highest BCUT2D eigenvalue weighted by molar-refractivity contribution is 6.06. The predicted octanol–water partition coefficient (Wildman–Crippen LogP) is 5.73. The minimum absolute atomic E-state index is 0.496. The van der Waals surface area contributed by atoms with E-state index in [2.05, 4.69) is 34.5 Å². The number of hydrogen-bond donors (Lipinski definition) is 0. The number of benzene rings is 2. The summed E-state index contributed by atoms with van der Waals surface area (Å²) in [5, 5.41) is 3.29. The molecule has 1 aliphatic rings. The van der Waals surface area contributed by atoms with E-state index in [9.17, 15) is 0 Å². The van der Waals surface area contributed by atoms with Gasteiger partial charge >= 0.3 is 0 Å². The van der Waals surface area contributed by atoms with Crippen LogP contribution in [0.25, 0.3) is 37.8 Å². The summed E-state index contributed by atoms with van der Waals surface area (Å²) < 4.78 is 14.4. The molecule has 0 bridgehead atoms. The molecular formula is C24H21N2O2+. The summed E-state index contributed by atoms with van der Waals surface area (Å²) in [5.41, 5.74) is 4.77. The first-order valence-corrected chi connectivity index (χ1v) is 9.41. The van der Waals surface area contributed by atoms with E-state index in [1.807, 2.05) is 39.2 Å². The molecule has 5 rings (SSSR count). The zero-order valence-electron chi connectivity index (χ0n) is 16.5. The van der Waals surface area contributed by atoms with Crippen molar-refractivity contribution in [3.05, 3.63) is 65.3 Å². The van der Waals surface area contributed by atoms with Crippen LogP contribution in [0.15, 0.2) is 47.2 Å². The number of furan rings is 1. The summed E-state index contributed by atoms with van der Waals surface area (Å²) in [5.74, 6) is 1.69. The summed E-state index contributed by atoms with van der Waals surface area (Å²) in [6.07, 6.45) is 4.39. The van der Waals surface area contributed by atoms with Gasteiger partial charge in [-0.05, 0) is 23.9 Å². The van der Waals surface area contributed by atoms with Crippen LogP contribution >= 0.6 is 0 Å². The fourth-order valence-corrected chi connectivity index (χ4v) is 4.26. The van der Waals surface area contributed by atoms with E-state index in [4.69, 9.17) is 15.7 Å². The topological polar surface area (TPSA) is 30.6 Å². The lowest BCUT2D eigenvalue weighted by molar-refractivity contribution is -0.659. The maximum absolute atomic E-state index is 7.50. The summed E-state index contributed by atoms with van der Waals surface area (Å²) in [6, 6.07) is 10.5. The average molecular weight is 369 g/mol. The first kappa shape index (κ1) is 16.8. The van der Waals surface area contributed by atoms with Crippen LogP contribution < -0.4 is 9.30 Å². The first-order chi connectivity index (χ1) is 13.4. The van der Waals surface area contributed by atoms with Crippen molar-refractivity contribution in [2.75, 3.05) is 0 Å². The van der Waals surface area contributed by atoms with Gasteiger partial charge in [0.15, 0.2) is 0 Å². The van der Waals surface area contributed by atoms with Crippen LogP contribution in [0.1, 0.15) is 25.0 Å². The zero-order valence-corrected chi connectivity index (χ0v) is 16.5. The van der Waals surface area contributed by atoms with Crippen molar-refractivity contribution in [2.45, 2.75) is 32.7 Å². The molecule has 0 saturated heterocycles. The van der Waals surface area contributed by atoms with Gasteiger partial charge in [0, 0.05) is 24.8 Å². The third kappa shape index (κ3) is 2.26. The van der Waals surface area contributed by atoms with Gasteiger partial charge in [-0.2, -0.15) is 4.57 Å². The molecule has 3 heterocycles. The highest BCUT2D eigenvalue weighted by atomic mass is 16.5. The summed E-state index contributed by atoms with van der Waals surface area (Å²) in [4.78, 5) is 3.78. The van der Waals surface area contributed by atoms with E-state index in [0.717, 1.165) is 39.1 Å². The fraction of sp³-hybridized carbons (Fsp3) is 0.250. The Balaban J connectivity index is 1.88. The van der Waals surface area contributed by atoms with Gasteiger partial charge in [0.25, 0.3) is 5.69 Å². The molecule has 4 heteroatoms. The number of rotatable bonds is 2. The van der Waals surface area contributed by atoms with Gasteiger partial charge in [-0.15, -0.1) is 0 Å². The standard InChI is InChI=1S/C24H21N2O2/c1-14-9-10-15-7-6-8-17-20(15)19(14)22-23(28-17)21-16(11-24(2,3)25-4)13-27-18(21)12-26(22)5/h6-10,12-13H,11H2,1-3,5H3/q+1. The van der Waals surface area contributed by atoms with Gasteiger partial charge in [0.1, 0.15) is 12.8 Å². The quantitative estimate of drug-likeness (QED) is 0.294. The molecule has 4 nitrogen and oxygen atoms in total. The average Bonchev–Trinajstić information content (AvgIpc) is 3.06. The molecule has 1 aliphatic heterocycles. The summed E-state index contributed by atoms with van der Waals surface area (Å²) in [6.45, 7) is 13.5. The molecule has 0 spiro atoms. The molecule has 0 N–H and O–H groups in total. The molecule has 2 aromatic carbocycles. The van der Waals surface area contributed by atoms with Crippen molar-refractivity contribution < 1.29 is 13.7 Å². The van der Waals surface area contributed by atoms with E-state index in [0.29, 0.717) is 6.42 Å². The number of aryl methyl sites for hydroxylation is 2. The molecule has 0 unspecified atom stereocenters. The van der Waals surface area contributed by atoms with Crippen molar-refractivity contribution in [3.63, 3.8) is 0 Å². The maximum Gasteiger partial charge on any atom is 0.257 e. The van der Waals surface area contributed by atoms with Gasteiger partial charge in [-0.25, -0.2) is 6.57 Å². The number of aromatic nitrogens is 1. The van der Waals surface area contributed by atoms with E-state index < -0.39 is 5.54 Å². The second-order valence-electron chi connectivity index (χ2n) is 8.23. The minimum atomic E-state index is -0.496. The van der Waals surface area contributed by atoms with Crippen molar-refractivity contribution in [1.29, 1.82) is 0 Å². The number of ether oxygens (including phenoxy) is 1. The number of nitrogens with zero attached hydrogens (tertiary/aromatic N) is 2. The van der Waals surface area contributed by atoms with Gasteiger partial charge in [0.05, 0.1) is 23.6 Å². The molecule has 0 amide bonds. The predicted molar refractivity (Wildman–Crippen MR) is 110 cm³/mol. The maximum atomic E-state index is 7.50. The smallest absolute Gasteiger partial charge is 0.257 e. The molecule has 0 atom stereocenters. The lowest BCUT2D eigenvalue weighted by atomic mass is 9.91. The Kier molecular flexibility index (Phi) is 3.36. The Morgan fingerprint density at radius 2 is 1.96 bits per heavy atom. The molecule has 28 heavy (non-hydrogen) atoms. The lowest BCUT2D eigenvalue weighted by Gasteiger charge is -2.21. The Morgan fingerprint density at radius 1 is 1.14 bits per heavy atom. The van der Waals surface area contributed by atoms with Crippen molar-refractivity contribution in [3.8, 4) is 22.8 Å².